The predicted octanol–water partition coefficient (Wildman–Crippen LogP) is 1.22. The Hall–Kier alpha value is -1.43. The standard InChI is InChI=1S/C8H7NO4S/c10-9-7-5-14(11,12)13-8-4-2-1-3-6(7)8/h1-4,7H,5H2. The summed E-state index contributed by atoms with van der Waals surface area (Å²) in [6.45, 7) is 0. The van der Waals surface area contributed by atoms with E-state index in [9.17, 15) is 13.3 Å². The smallest absolute Gasteiger partial charge is 0.311 e. The zero-order valence-corrected chi connectivity index (χ0v) is 7.90. The molecule has 74 valence electrons. The molecule has 6 heteroatoms. The van der Waals surface area contributed by atoms with Crippen molar-refractivity contribution in [1.29, 1.82) is 0 Å². The summed E-state index contributed by atoms with van der Waals surface area (Å²) in [5.41, 5.74) is 0.525. The van der Waals surface area contributed by atoms with Gasteiger partial charge < -0.3 is 4.18 Å². The van der Waals surface area contributed by atoms with Gasteiger partial charge in [-0.2, -0.15) is 13.3 Å². The molecule has 2 rings (SSSR count). The summed E-state index contributed by atoms with van der Waals surface area (Å²) < 4.78 is 27.0. The van der Waals surface area contributed by atoms with Crippen LogP contribution in [0.5, 0.6) is 5.75 Å². The molecule has 0 spiro atoms. The maximum absolute atomic E-state index is 11.2. The van der Waals surface area contributed by atoms with Gasteiger partial charge >= 0.3 is 10.1 Å². The SMILES string of the molecule is O=NC1CS(=O)(=O)Oc2ccccc21. The van der Waals surface area contributed by atoms with E-state index in [0.717, 1.165) is 0 Å². The fraction of sp³-hybridized carbons (Fsp3) is 0.250. The van der Waals surface area contributed by atoms with E-state index in [2.05, 4.69) is 5.18 Å². The summed E-state index contributed by atoms with van der Waals surface area (Å²) in [6.07, 6.45) is 0. The molecule has 0 radical (unpaired) electrons. The fourth-order valence-corrected chi connectivity index (χ4v) is 2.49. The van der Waals surface area contributed by atoms with E-state index >= 15 is 0 Å². The van der Waals surface area contributed by atoms with Crippen LogP contribution in [0.2, 0.25) is 0 Å². The normalized spacial score (nSPS) is 23.3. The van der Waals surface area contributed by atoms with E-state index in [-0.39, 0.29) is 11.5 Å². The summed E-state index contributed by atoms with van der Waals surface area (Å²) in [4.78, 5) is 10.4. The van der Waals surface area contributed by atoms with Gasteiger partial charge in [0.1, 0.15) is 17.5 Å². The molecule has 0 amide bonds. The third kappa shape index (κ3) is 1.48. The molecule has 14 heavy (non-hydrogen) atoms. The number of rotatable bonds is 1. The highest BCUT2D eigenvalue weighted by Gasteiger charge is 2.31. The van der Waals surface area contributed by atoms with Gasteiger partial charge in [-0.1, -0.05) is 23.4 Å². The second-order valence-electron chi connectivity index (χ2n) is 2.97. The highest BCUT2D eigenvalue weighted by Crippen LogP contribution is 2.34. The maximum atomic E-state index is 11.2. The first-order valence-electron chi connectivity index (χ1n) is 3.96. The summed E-state index contributed by atoms with van der Waals surface area (Å²) >= 11 is 0. The molecule has 0 N–H and O–H groups in total. The van der Waals surface area contributed by atoms with E-state index in [1.807, 2.05) is 0 Å². The van der Waals surface area contributed by atoms with Crippen LogP contribution in [0.25, 0.3) is 0 Å². The Bertz CT molecular complexity index is 468. The number of nitroso groups, excluding NO2 is 1. The van der Waals surface area contributed by atoms with E-state index < -0.39 is 16.2 Å². The molecule has 0 aromatic heterocycles. The number of hydrogen-bond acceptors (Lipinski definition) is 5. The van der Waals surface area contributed by atoms with Gasteiger partial charge in [0.05, 0.1) is 0 Å². The maximum Gasteiger partial charge on any atom is 0.311 e. The van der Waals surface area contributed by atoms with E-state index in [4.69, 9.17) is 4.18 Å². The zero-order chi connectivity index (χ0) is 10.2. The molecule has 0 fully saturated rings. The largest absolute Gasteiger partial charge is 0.382 e. The molecule has 1 aromatic rings. The quantitative estimate of drug-likeness (QED) is 0.519. The Morgan fingerprint density at radius 2 is 2.07 bits per heavy atom. The number of benzene rings is 1. The predicted molar refractivity (Wildman–Crippen MR) is 49.4 cm³/mol. The lowest BCUT2D eigenvalue weighted by atomic mass is 10.1. The van der Waals surface area contributed by atoms with Crippen LogP contribution < -0.4 is 4.18 Å². The molecule has 0 saturated carbocycles. The van der Waals surface area contributed by atoms with Gasteiger partial charge in [0.25, 0.3) is 0 Å². The minimum Gasteiger partial charge on any atom is -0.382 e. The topological polar surface area (TPSA) is 72.8 Å². The molecule has 1 aliphatic heterocycles. The number of para-hydroxylation sites is 1. The molecule has 0 bridgehead atoms. The lowest BCUT2D eigenvalue weighted by Crippen LogP contribution is -2.24. The Labute approximate surface area is 80.8 Å². The average molecular weight is 213 g/mol. The number of fused-ring (bicyclic) bond motifs is 1. The highest BCUT2D eigenvalue weighted by atomic mass is 32.2. The van der Waals surface area contributed by atoms with Crippen LogP contribution in [-0.2, 0) is 10.1 Å². The van der Waals surface area contributed by atoms with Gasteiger partial charge in [-0.3, -0.25) is 0 Å². The summed E-state index contributed by atoms with van der Waals surface area (Å²) in [7, 11) is -3.65. The van der Waals surface area contributed by atoms with Crippen molar-refractivity contribution in [2.75, 3.05) is 5.75 Å². The molecule has 1 heterocycles. The van der Waals surface area contributed by atoms with E-state index in [1.165, 1.54) is 6.07 Å². The molecule has 1 unspecified atom stereocenters. The van der Waals surface area contributed by atoms with E-state index in [0.29, 0.717) is 5.56 Å². The Morgan fingerprint density at radius 1 is 1.36 bits per heavy atom. The molecule has 1 aliphatic rings. The number of nitrogens with zero attached hydrogens (tertiary/aromatic N) is 1. The zero-order valence-electron chi connectivity index (χ0n) is 7.08. The second-order valence-corrected chi connectivity index (χ2v) is 4.58. The lowest BCUT2D eigenvalue weighted by molar-refractivity contribution is 0.461. The summed E-state index contributed by atoms with van der Waals surface area (Å²) in [5, 5.41) is 2.78. The van der Waals surface area contributed by atoms with Crippen molar-refractivity contribution >= 4 is 10.1 Å². The van der Waals surface area contributed by atoms with Crippen molar-refractivity contribution in [1.82, 2.24) is 0 Å². The molecular formula is C8H7NO4S. The van der Waals surface area contributed by atoms with Gasteiger partial charge in [0, 0.05) is 5.56 Å². The van der Waals surface area contributed by atoms with Crippen LogP contribution >= 0.6 is 0 Å². The van der Waals surface area contributed by atoms with Crippen LogP contribution in [0.4, 0.5) is 0 Å². The van der Waals surface area contributed by atoms with Crippen molar-refractivity contribution in [2.24, 2.45) is 5.18 Å². The van der Waals surface area contributed by atoms with Gasteiger partial charge in [-0.15, -0.1) is 0 Å². The van der Waals surface area contributed by atoms with Crippen molar-refractivity contribution in [3.05, 3.63) is 34.7 Å². The summed E-state index contributed by atoms with van der Waals surface area (Å²) in [6, 6.07) is 5.63. The Kier molecular flexibility index (Phi) is 1.99. The van der Waals surface area contributed by atoms with Crippen LogP contribution in [0.3, 0.4) is 0 Å². The van der Waals surface area contributed by atoms with Crippen LogP contribution in [0.1, 0.15) is 11.6 Å². The van der Waals surface area contributed by atoms with Crippen molar-refractivity contribution in [3.63, 3.8) is 0 Å². The van der Waals surface area contributed by atoms with Gasteiger partial charge in [0.15, 0.2) is 0 Å². The average Bonchev–Trinajstić information content (AvgIpc) is 2.15. The van der Waals surface area contributed by atoms with Gasteiger partial charge in [-0.25, -0.2) is 0 Å². The second kappa shape index (κ2) is 3.06. The molecule has 1 atom stereocenters. The first kappa shape index (κ1) is 9.14. The van der Waals surface area contributed by atoms with Crippen molar-refractivity contribution < 1.29 is 12.6 Å². The monoisotopic (exact) mass is 213 g/mol. The third-order valence-corrected chi connectivity index (χ3v) is 3.14. The van der Waals surface area contributed by atoms with Gasteiger partial charge in [0.2, 0.25) is 0 Å². The number of hydrogen-bond donors (Lipinski definition) is 0. The molecule has 1 aromatic carbocycles. The van der Waals surface area contributed by atoms with Crippen LogP contribution in [0.15, 0.2) is 29.4 Å². The molecular weight excluding hydrogens is 206 g/mol. The minimum atomic E-state index is -3.65. The van der Waals surface area contributed by atoms with Crippen molar-refractivity contribution in [3.8, 4) is 5.75 Å². The van der Waals surface area contributed by atoms with E-state index in [1.54, 1.807) is 18.2 Å². The molecule has 0 aliphatic carbocycles. The first-order chi connectivity index (χ1) is 6.62. The molecule has 5 nitrogen and oxygen atoms in total. The lowest BCUT2D eigenvalue weighted by Gasteiger charge is -2.19. The minimum absolute atomic E-state index is 0.198. The summed E-state index contributed by atoms with van der Waals surface area (Å²) in [5.74, 6) is -0.184. The third-order valence-electron chi connectivity index (χ3n) is 1.98. The Morgan fingerprint density at radius 3 is 2.79 bits per heavy atom. The highest BCUT2D eigenvalue weighted by molar-refractivity contribution is 7.87. The fourth-order valence-electron chi connectivity index (χ4n) is 1.37. The first-order valence-corrected chi connectivity index (χ1v) is 5.54. The molecule has 0 saturated heterocycles. The Balaban J connectivity index is 2.56. The van der Waals surface area contributed by atoms with Crippen LogP contribution in [0, 0.1) is 4.91 Å². The van der Waals surface area contributed by atoms with Crippen molar-refractivity contribution in [2.45, 2.75) is 6.04 Å². The van der Waals surface area contributed by atoms with Gasteiger partial charge in [-0.05, 0) is 6.07 Å². The van der Waals surface area contributed by atoms with Crippen LogP contribution in [-0.4, -0.2) is 14.2 Å².